The molecule has 1 fully saturated rings. The van der Waals surface area contributed by atoms with Gasteiger partial charge in [0, 0.05) is 31.1 Å². The SMILES string of the molecule is Cn1ncnc1CC(=O)N1CCC(c2nc(-c3ccc(Cl)cc3F)no2)CC1. The van der Waals surface area contributed by atoms with E-state index in [0.717, 1.165) is 0 Å². The zero-order chi connectivity index (χ0) is 19.7. The first-order chi connectivity index (χ1) is 13.5. The normalized spacial score (nSPS) is 15.2. The van der Waals surface area contributed by atoms with Gasteiger partial charge in [0.15, 0.2) is 0 Å². The van der Waals surface area contributed by atoms with Crippen molar-refractivity contribution in [3.05, 3.63) is 47.1 Å². The lowest BCUT2D eigenvalue weighted by Crippen LogP contribution is -2.39. The molecule has 2 aromatic heterocycles. The van der Waals surface area contributed by atoms with Crippen molar-refractivity contribution >= 4 is 17.5 Å². The molecule has 1 aliphatic rings. The van der Waals surface area contributed by atoms with E-state index in [2.05, 4.69) is 20.2 Å². The molecular formula is C18H18ClFN6O2. The summed E-state index contributed by atoms with van der Waals surface area (Å²) in [5, 5.41) is 8.18. The monoisotopic (exact) mass is 404 g/mol. The largest absolute Gasteiger partial charge is 0.342 e. The number of rotatable bonds is 4. The third kappa shape index (κ3) is 3.75. The summed E-state index contributed by atoms with van der Waals surface area (Å²) < 4.78 is 21.0. The van der Waals surface area contributed by atoms with Gasteiger partial charge < -0.3 is 9.42 Å². The predicted molar refractivity (Wildman–Crippen MR) is 98.0 cm³/mol. The third-order valence-corrected chi connectivity index (χ3v) is 5.16. The molecular weight excluding hydrogens is 387 g/mol. The number of carbonyl (C=O) groups excluding carboxylic acids is 1. The summed E-state index contributed by atoms with van der Waals surface area (Å²) in [6, 6.07) is 4.32. The molecule has 3 aromatic rings. The van der Waals surface area contributed by atoms with E-state index in [9.17, 15) is 9.18 Å². The van der Waals surface area contributed by atoms with Crippen molar-refractivity contribution in [1.82, 2.24) is 29.8 Å². The first-order valence-corrected chi connectivity index (χ1v) is 9.28. The van der Waals surface area contributed by atoms with Gasteiger partial charge in [0.05, 0.1) is 12.0 Å². The van der Waals surface area contributed by atoms with Gasteiger partial charge in [-0.15, -0.1) is 0 Å². The van der Waals surface area contributed by atoms with Crippen molar-refractivity contribution in [1.29, 1.82) is 0 Å². The summed E-state index contributed by atoms with van der Waals surface area (Å²) >= 11 is 5.78. The van der Waals surface area contributed by atoms with Crippen molar-refractivity contribution < 1.29 is 13.7 Å². The number of benzene rings is 1. The highest BCUT2D eigenvalue weighted by molar-refractivity contribution is 6.30. The highest BCUT2D eigenvalue weighted by Gasteiger charge is 2.28. The molecule has 1 aromatic carbocycles. The minimum absolute atomic E-state index is 0.0176. The van der Waals surface area contributed by atoms with Gasteiger partial charge in [-0.1, -0.05) is 16.8 Å². The van der Waals surface area contributed by atoms with E-state index in [1.165, 1.54) is 18.5 Å². The van der Waals surface area contributed by atoms with Crippen LogP contribution in [0.4, 0.5) is 4.39 Å². The van der Waals surface area contributed by atoms with Crippen LogP contribution in [0.15, 0.2) is 29.0 Å². The average molecular weight is 405 g/mol. The van der Waals surface area contributed by atoms with E-state index in [1.54, 1.807) is 22.7 Å². The standard InChI is InChI=1S/C18H18ClFN6O2/c1-25-15(21-10-22-25)9-16(27)26-6-4-11(5-7-26)18-23-17(24-28-18)13-3-2-12(19)8-14(13)20/h2-3,8,10-11H,4-7,9H2,1H3. The second-order valence-electron chi connectivity index (χ2n) is 6.71. The fraction of sp³-hybridized carbons (Fsp3) is 0.389. The molecule has 0 spiro atoms. The van der Waals surface area contributed by atoms with Crippen LogP contribution in [0.1, 0.15) is 30.5 Å². The topological polar surface area (TPSA) is 89.9 Å². The zero-order valence-electron chi connectivity index (χ0n) is 15.2. The molecule has 1 amide bonds. The van der Waals surface area contributed by atoms with E-state index in [1.807, 2.05) is 0 Å². The molecule has 0 bridgehead atoms. The third-order valence-electron chi connectivity index (χ3n) is 4.93. The maximum atomic E-state index is 14.1. The van der Waals surface area contributed by atoms with Crippen LogP contribution in [0, 0.1) is 5.82 Å². The van der Waals surface area contributed by atoms with Crippen molar-refractivity contribution in [3.63, 3.8) is 0 Å². The number of nitrogens with zero attached hydrogens (tertiary/aromatic N) is 6. The first-order valence-electron chi connectivity index (χ1n) is 8.91. The first kappa shape index (κ1) is 18.5. The molecule has 0 aliphatic carbocycles. The molecule has 10 heteroatoms. The van der Waals surface area contributed by atoms with E-state index in [0.29, 0.717) is 42.7 Å². The van der Waals surface area contributed by atoms with Crippen LogP contribution in [0.5, 0.6) is 0 Å². The minimum Gasteiger partial charge on any atom is -0.342 e. The highest BCUT2D eigenvalue weighted by atomic mass is 35.5. The second kappa shape index (κ2) is 7.67. The predicted octanol–water partition coefficient (Wildman–Crippen LogP) is 2.61. The molecule has 0 radical (unpaired) electrons. The molecule has 0 unspecified atom stereocenters. The Bertz CT molecular complexity index is 996. The van der Waals surface area contributed by atoms with E-state index in [4.69, 9.17) is 16.1 Å². The van der Waals surface area contributed by atoms with Gasteiger partial charge in [0.2, 0.25) is 17.6 Å². The number of hydrogen-bond donors (Lipinski definition) is 0. The van der Waals surface area contributed by atoms with Crippen molar-refractivity contribution in [2.24, 2.45) is 7.05 Å². The van der Waals surface area contributed by atoms with Gasteiger partial charge in [-0.2, -0.15) is 10.1 Å². The lowest BCUT2D eigenvalue weighted by atomic mass is 9.96. The maximum absolute atomic E-state index is 14.1. The van der Waals surface area contributed by atoms with Gasteiger partial charge >= 0.3 is 0 Å². The fourth-order valence-corrected chi connectivity index (χ4v) is 3.44. The Morgan fingerprint density at radius 2 is 2.14 bits per heavy atom. The number of carbonyl (C=O) groups is 1. The molecule has 146 valence electrons. The van der Waals surface area contributed by atoms with Crippen LogP contribution in [0.25, 0.3) is 11.4 Å². The van der Waals surface area contributed by atoms with Crippen molar-refractivity contribution in [2.75, 3.05) is 13.1 Å². The smallest absolute Gasteiger partial charge is 0.230 e. The molecule has 0 saturated carbocycles. The quantitative estimate of drug-likeness (QED) is 0.664. The molecule has 1 saturated heterocycles. The van der Waals surface area contributed by atoms with Gasteiger partial charge in [0.25, 0.3) is 0 Å². The number of amides is 1. The number of piperidine rings is 1. The van der Waals surface area contributed by atoms with Crippen LogP contribution < -0.4 is 0 Å². The molecule has 3 heterocycles. The molecule has 8 nitrogen and oxygen atoms in total. The zero-order valence-corrected chi connectivity index (χ0v) is 15.9. The van der Waals surface area contributed by atoms with Gasteiger partial charge in [0.1, 0.15) is 18.0 Å². The Kier molecular flexibility index (Phi) is 5.08. The van der Waals surface area contributed by atoms with E-state index in [-0.39, 0.29) is 29.6 Å². The Balaban J connectivity index is 1.38. The summed E-state index contributed by atoms with van der Waals surface area (Å²) in [6.07, 6.45) is 3.07. The fourth-order valence-electron chi connectivity index (χ4n) is 3.28. The minimum atomic E-state index is -0.496. The van der Waals surface area contributed by atoms with Crippen molar-refractivity contribution in [2.45, 2.75) is 25.2 Å². The molecule has 4 rings (SSSR count). The Morgan fingerprint density at radius 1 is 1.36 bits per heavy atom. The lowest BCUT2D eigenvalue weighted by Gasteiger charge is -2.30. The molecule has 28 heavy (non-hydrogen) atoms. The van der Waals surface area contributed by atoms with Gasteiger partial charge in [-0.3, -0.25) is 9.48 Å². The van der Waals surface area contributed by atoms with Crippen LogP contribution in [-0.4, -0.2) is 48.8 Å². The number of hydrogen-bond acceptors (Lipinski definition) is 6. The highest BCUT2D eigenvalue weighted by Crippen LogP contribution is 2.30. The molecule has 0 N–H and O–H groups in total. The van der Waals surface area contributed by atoms with Crippen LogP contribution in [-0.2, 0) is 18.3 Å². The Hall–Kier alpha value is -2.81. The number of halogens is 2. The lowest BCUT2D eigenvalue weighted by molar-refractivity contribution is -0.131. The summed E-state index contributed by atoms with van der Waals surface area (Å²) in [5.41, 5.74) is 0.246. The number of likely N-dealkylation sites (tertiary alicyclic amines) is 1. The van der Waals surface area contributed by atoms with E-state index >= 15 is 0 Å². The maximum Gasteiger partial charge on any atom is 0.230 e. The van der Waals surface area contributed by atoms with Crippen LogP contribution in [0.3, 0.4) is 0 Å². The Labute approximate surface area is 165 Å². The summed E-state index contributed by atoms with van der Waals surface area (Å²) in [4.78, 5) is 22.7. The van der Waals surface area contributed by atoms with Gasteiger partial charge in [-0.25, -0.2) is 9.37 Å². The summed E-state index contributed by atoms with van der Waals surface area (Å²) in [5.74, 6) is 0.858. The summed E-state index contributed by atoms with van der Waals surface area (Å²) in [6.45, 7) is 1.18. The van der Waals surface area contributed by atoms with Gasteiger partial charge in [-0.05, 0) is 31.0 Å². The van der Waals surface area contributed by atoms with Crippen LogP contribution >= 0.6 is 11.6 Å². The van der Waals surface area contributed by atoms with E-state index < -0.39 is 5.82 Å². The number of aromatic nitrogens is 5. The molecule has 0 atom stereocenters. The Morgan fingerprint density at radius 3 is 2.82 bits per heavy atom. The second-order valence-corrected chi connectivity index (χ2v) is 7.15. The van der Waals surface area contributed by atoms with Crippen LogP contribution in [0.2, 0.25) is 5.02 Å². The molecule has 1 aliphatic heterocycles. The number of aryl methyl sites for hydroxylation is 1. The van der Waals surface area contributed by atoms with Crippen molar-refractivity contribution in [3.8, 4) is 11.4 Å². The summed E-state index contributed by atoms with van der Waals surface area (Å²) in [7, 11) is 1.76. The average Bonchev–Trinajstić information content (AvgIpc) is 3.32.